The van der Waals surface area contributed by atoms with Crippen molar-refractivity contribution in [2.75, 3.05) is 4.90 Å². The van der Waals surface area contributed by atoms with Gasteiger partial charge in [-0.2, -0.15) is 0 Å². The van der Waals surface area contributed by atoms with Crippen molar-refractivity contribution < 1.29 is 4.42 Å². The Morgan fingerprint density at radius 3 is 0.955 bits per heavy atom. The number of rotatable bonds is 21. The summed E-state index contributed by atoms with van der Waals surface area (Å²) in [4.78, 5) is 2.55. The molecule has 7 aromatic carbocycles. The first-order chi connectivity index (χ1) is 41.6. The number of furan rings is 1. The summed E-state index contributed by atoms with van der Waals surface area (Å²) in [7, 11) is 67.4. The van der Waals surface area contributed by atoms with Crippen LogP contribution in [0.15, 0.2) is 156 Å². The lowest BCUT2D eigenvalue weighted by Crippen LogP contribution is -2.17. The average molecular weight is 1860 g/mol. The third-order valence-corrected chi connectivity index (χ3v) is 270. The largest absolute Gasteiger partial charge is 0.455 e. The molecule has 8 aromatic rings. The van der Waals surface area contributed by atoms with E-state index in [0.29, 0.717) is 0 Å². The molecule has 20 unspecified atom stereocenters. The van der Waals surface area contributed by atoms with Crippen LogP contribution in [0, 0.1) is 0 Å². The predicted octanol–water partition coefficient (Wildman–Crippen LogP) is 35.4. The van der Waals surface area contributed by atoms with Gasteiger partial charge in [-0.25, -0.2) is 0 Å². The molecule has 2 aliphatic carbocycles. The molecule has 470 valence electrons. The van der Waals surface area contributed by atoms with Crippen molar-refractivity contribution in [2.45, 2.75) is 38.5 Å². The van der Waals surface area contributed by atoms with Crippen molar-refractivity contribution in [2.24, 2.45) is 0 Å². The van der Waals surface area contributed by atoms with Crippen molar-refractivity contribution in [1.29, 1.82) is 0 Å². The summed E-state index contributed by atoms with van der Waals surface area (Å²) < 4.78 is 6.66. The van der Waals surface area contributed by atoms with Crippen molar-refractivity contribution in [3.8, 4) is 33.4 Å². The molecule has 10 rings (SSSR count). The van der Waals surface area contributed by atoms with Gasteiger partial charge in [-0.15, -0.1) is 179 Å². The highest BCUT2D eigenvalue weighted by Crippen LogP contribution is 3.42. The topological polar surface area (TPSA) is 16.4 Å². The Morgan fingerprint density at radius 1 is 0.273 bits per heavy atom. The number of hydrogen-bond acceptors (Lipinski definition) is 2. The smallest absolute Gasteiger partial charge is 0.143 e. The van der Waals surface area contributed by atoms with Crippen LogP contribution in [-0.2, 0) is 10.8 Å². The molecule has 88 heavy (non-hydrogen) atoms. The van der Waals surface area contributed by atoms with Gasteiger partial charge in [0.15, 0.2) is 0 Å². The lowest BCUT2D eigenvalue weighted by atomic mass is 9.82. The second-order valence-electron chi connectivity index (χ2n) is 20.8. The normalized spacial score (nSPS) is 14.6. The summed E-state index contributed by atoms with van der Waals surface area (Å²) in [6, 6.07) is 55.5. The summed E-state index contributed by atoms with van der Waals surface area (Å²) in [6.07, 6.45) is 0. The zero-order valence-electron chi connectivity index (χ0n) is 48.4. The molecule has 0 saturated carbocycles. The lowest BCUT2D eigenvalue weighted by Gasteiger charge is -2.55. The van der Waals surface area contributed by atoms with Crippen molar-refractivity contribution >= 4 is 343 Å². The fraction of sp³-hybridized carbons (Fsp3) is 0.125. The van der Waals surface area contributed by atoms with Crippen molar-refractivity contribution in [3.63, 3.8) is 0 Å². The van der Waals surface area contributed by atoms with Crippen LogP contribution in [-0.4, -0.2) is 0 Å². The van der Waals surface area contributed by atoms with E-state index in [2.05, 4.69) is 357 Å². The van der Waals surface area contributed by atoms with Crippen molar-refractivity contribution in [3.05, 3.63) is 174 Å². The Morgan fingerprint density at radius 2 is 0.557 bits per heavy atom. The Kier molecular flexibility index (Phi) is 34.8. The van der Waals surface area contributed by atoms with E-state index < -0.39 is 0 Å². The van der Waals surface area contributed by atoms with Crippen LogP contribution in [0.1, 0.15) is 49.9 Å². The molecule has 20 atom stereocenters. The quantitative estimate of drug-likeness (QED) is 0.0667. The summed E-state index contributed by atoms with van der Waals surface area (Å²) in [5.74, 6) is 0. The fourth-order valence-corrected chi connectivity index (χ4v) is 535. The second kappa shape index (κ2) is 37.1. The monoisotopic (exact) mass is 1860 g/mol. The van der Waals surface area contributed by atoms with E-state index >= 15 is 0 Å². The number of para-hydroxylation sites is 3. The minimum absolute atomic E-state index is 0.0326. The van der Waals surface area contributed by atoms with Gasteiger partial charge in [0.05, 0.1) is 17.1 Å². The Labute approximate surface area is 592 Å². The van der Waals surface area contributed by atoms with E-state index in [-0.39, 0.29) is 137 Å². The van der Waals surface area contributed by atoms with E-state index in [1.54, 1.807) is 0 Å². The summed E-state index contributed by atoms with van der Waals surface area (Å²) in [5, 5.41) is 2.27. The first-order valence-electron chi connectivity index (χ1n) is 26.2. The van der Waals surface area contributed by atoms with E-state index in [4.69, 9.17) is 4.42 Å². The first kappa shape index (κ1) is 82.5. The van der Waals surface area contributed by atoms with Crippen LogP contribution in [0.5, 0.6) is 0 Å². The molecule has 1 aromatic heterocycles. The number of benzene rings is 7. The van der Waals surface area contributed by atoms with E-state index in [0.717, 1.165) is 38.8 Å². The Bertz CT molecular complexity index is 3500. The van der Waals surface area contributed by atoms with Gasteiger partial charge in [-0.3, -0.25) is 0 Å². The number of hydrogen-bond donors (Lipinski definition) is 0. The maximum absolute atomic E-state index is 6.66. The van der Waals surface area contributed by atoms with Crippen molar-refractivity contribution in [1.82, 2.24) is 0 Å². The molecule has 0 radical (unpaired) electrons. The number of fused-ring (bicyclic) bond motifs is 9. The van der Waals surface area contributed by atoms with Crippen LogP contribution >= 0.6 is 304 Å². The number of nitrogens with zero attached hydrogens (tertiary/aromatic N) is 1. The van der Waals surface area contributed by atoms with Gasteiger partial charge < -0.3 is 9.32 Å². The van der Waals surface area contributed by atoms with Gasteiger partial charge in [0, 0.05) is 43.9 Å². The van der Waals surface area contributed by atoms with Gasteiger partial charge in [0.2, 0.25) is 0 Å². The highest BCUT2D eigenvalue weighted by Gasteiger charge is 2.55. The van der Waals surface area contributed by atoms with Gasteiger partial charge in [0.1, 0.15) is 11.2 Å². The van der Waals surface area contributed by atoms with E-state index in [1.807, 2.05) is 6.07 Å². The third kappa shape index (κ3) is 18.1. The van der Waals surface area contributed by atoms with Gasteiger partial charge >= 0.3 is 0 Å². The van der Waals surface area contributed by atoms with Gasteiger partial charge in [-0.1, -0.05) is 155 Å². The van der Waals surface area contributed by atoms with E-state index in [9.17, 15) is 0 Å². The lowest BCUT2D eigenvalue weighted by molar-refractivity contribution is 0.660. The number of anilines is 3. The Balaban J connectivity index is 0.000000220. The molecule has 0 amide bonds. The second-order valence-corrected chi connectivity index (χ2v) is 175. The molecule has 0 aliphatic heterocycles. The third-order valence-electron chi connectivity index (χ3n) is 14.7. The minimum Gasteiger partial charge on any atom is -0.455 e. The summed E-state index contributed by atoms with van der Waals surface area (Å²) in [6.45, 7) is 8.00. The molecular formula is C48H77NOP38. The maximum Gasteiger partial charge on any atom is 0.143 e. The van der Waals surface area contributed by atoms with Gasteiger partial charge in [0.25, 0.3) is 0 Å². The van der Waals surface area contributed by atoms with Crippen LogP contribution in [0.25, 0.3) is 55.3 Å². The predicted molar refractivity (Wildman–Crippen MR) is 528 cm³/mol. The zero-order valence-corrected chi connectivity index (χ0v) is 87.6. The highest BCUT2D eigenvalue weighted by molar-refractivity contribution is 9.48. The van der Waals surface area contributed by atoms with Crippen LogP contribution in [0.4, 0.5) is 17.1 Å². The average Bonchev–Trinajstić information content (AvgIpc) is 1.55. The van der Waals surface area contributed by atoms with Gasteiger partial charge in [-0.05, 0) is 183 Å². The van der Waals surface area contributed by atoms with Crippen LogP contribution in [0.2, 0.25) is 0 Å². The maximum atomic E-state index is 6.66. The molecule has 0 N–H and O–H groups in total. The molecule has 0 fully saturated rings. The molecule has 0 saturated heterocycles. The first-order valence-corrected chi connectivity index (χ1v) is 94.7. The Hall–Kier alpha value is 10.5. The zero-order chi connectivity index (χ0) is 64.2. The molecule has 2 aliphatic rings. The summed E-state index contributed by atoms with van der Waals surface area (Å²) in [5.41, 5.74) is 17.9. The molecule has 2 nitrogen and oxygen atoms in total. The highest BCUT2D eigenvalue weighted by atomic mass is 33.5. The summed E-state index contributed by atoms with van der Waals surface area (Å²) >= 11 is 0. The molecule has 40 heteroatoms. The molecule has 1 heterocycles. The van der Waals surface area contributed by atoms with Crippen LogP contribution in [0.3, 0.4) is 0 Å². The molecule has 0 spiro atoms. The van der Waals surface area contributed by atoms with Crippen LogP contribution < -0.4 is 4.90 Å². The standard InChI is InChI=1S/C48H37NO.H40P38/c1-47(2)36-22-9-5-18-34(36)44-38(47)24-14-27-41(44)49(42-28-15-25-39-45(42)35-19-6-10-23-37(35)48(39,3)4)40-26-11-7-16-30(40)32-20-13-21-33-31-17-8-12-29-43(31)50-46(32)33;1-21(2)31(22(3)4)36(32(23(5)6)24(7)8)38(35(29(17)18)30(19)20)37(33(25(9)10)26(11)12)34(27(13)14)28(15)16/h5-29H,1-4H3;1-20H2. The van der Waals surface area contributed by atoms with E-state index in [1.165, 1.54) is 55.9 Å². The SMILES string of the molecule is CC1(C)c2ccccc2-c2c(N(c3ccccc3-c3cccc4c3oc3ccccc34)c3cccc4c3-c3ccccc3C4(C)C)cccc21.PP(P)P(P(P)P)P(P(P(P)P)P(P)P)P(P(P(P)P)P(P)P)P(P(P(P)P)P(P)P)P(P(P)P)P(P)P. The molecular weight excluding hydrogens is 1780 g/mol. The molecule has 0 bridgehead atoms. The fourth-order valence-electron chi connectivity index (χ4n) is 11.3. The minimum atomic E-state index is -0.125.